The summed E-state index contributed by atoms with van der Waals surface area (Å²) in [4.78, 5) is 18.2. The quantitative estimate of drug-likeness (QED) is 0.540. The molecule has 1 aromatic carbocycles. The van der Waals surface area contributed by atoms with Gasteiger partial charge in [0.15, 0.2) is 11.4 Å². The average Bonchev–Trinajstić information content (AvgIpc) is 3.47. The lowest BCUT2D eigenvalue weighted by Gasteiger charge is -2.10. The number of aromatic nitrogens is 4. The summed E-state index contributed by atoms with van der Waals surface area (Å²) in [6.07, 6.45) is 2.03. The minimum atomic E-state index is -0.279. The van der Waals surface area contributed by atoms with Crippen molar-refractivity contribution in [3.8, 4) is 17.1 Å². The zero-order valence-corrected chi connectivity index (χ0v) is 17.0. The predicted molar refractivity (Wildman–Crippen MR) is 112 cm³/mol. The molecule has 5 rings (SSSR count). The molecule has 0 radical (unpaired) electrons. The lowest BCUT2D eigenvalue weighted by molar-refractivity contribution is 0.102. The largest absolute Gasteiger partial charge is 0.477 e. The van der Waals surface area contributed by atoms with Crippen LogP contribution >= 0.6 is 0 Å². The molecule has 1 saturated carbocycles. The summed E-state index contributed by atoms with van der Waals surface area (Å²) in [7, 11) is 3.33. The minimum absolute atomic E-state index is 0.272. The Balaban J connectivity index is 1.63. The van der Waals surface area contributed by atoms with Crippen LogP contribution in [-0.2, 0) is 7.05 Å². The van der Waals surface area contributed by atoms with Crippen molar-refractivity contribution in [3.05, 3.63) is 53.4 Å². The third-order valence-corrected chi connectivity index (χ3v) is 5.35. The molecule has 8 nitrogen and oxygen atoms in total. The third-order valence-electron chi connectivity index (χ3n) is 5.35. The highest BCUT2D eigenvalue weighted by Crippen LogP contribution is 2.46. The number of anilines is 1. The van der Waals surface area contributed by atoms with Crippen molar-refractivity contribution in [1.29, 1.82) is 0 Å². The Morgan fingerprint density at radius 2 is 2.03 bits per heavy atom. The van der Waals surface area contributed by atoms with Crippen molar-refractivity contribution in [1.82, 2.24) is 19.9 Å². The van der Waals surface area contributed by atoms with Crippen LogP contribution in [0.1, 0.15) is 40.6 Å². The van der Waals surface area contributed by atoms with Gasteiger partial charge in [-0.15, -0.1) is 0 Å². The zero-order valence-electron chi connectivity index (χ0n) is 17.0. The fraction of sp³-hybridized carbons (Fsp3) is 0.273. The molecule has 1 amide bonds. The summed E-state index contributed by atoms with van der Waals surface area (Å²) < 4.78 is 12.4. The van der Waals surface area contributed by atoms with E-state index in [1.54, 1.807) is 10.7 Å². The highest BCUT2D eigenvalue weighted by Gasteiger charge is 2.34. The second-order valence-corrected chi connectivity index (χ2v) is 7.49. The van der Waals surface area contributed by atoms with Crippen LogP contribution in [0.4, 0.5) is 5.69 Å². The maximum atomic E-state index is 13.4. The van der Waals surface area contributed by atoms with Crippen molar-refractivity contribution < 1.29 is 14.1 Å². The maximum absolute atomic E-state index is 13.4. The van der Waals surface area contributed by atoms with Crippen molar-refractivity contribution in [3.63, 3.8) is 0 Å². The van der Waals surface area contributed by atoms with Crippen LogP contribution in [0, 0.1) is 6.92 Å². The van der Waals surface area contributed by atoms with Gasteiger partial charge in [0.05, 0.1) is 29.4 Å². The van der Waals surface area contributed by atoms with Gasteiger partial charge >= 0.3 is 0 Å². The molecule has 3 aromatic heterocycles. The van der Waals surface area contributed by atoms with E-state index in [4.69, 9.17) is 14.2 Å². The van der Waals surface area contributed by atoms with Crippen LogP contribution in [0.25, 0.3) is 22.3 Å². The van der Waals surface area contributed by atoms with Crippen LogP contribution < -0.4 is 10.1 Å². The number of hydrogen-bond acceptors (Lipinski definition) is 6. The van der Waals surface area contributed by atoms with Crippen molar-refractivity contribution in [2.24, 2.45) is 7.05 Å². The molecule has 30 heavy (non-hydrogen) atoms. The number of aryl methyl sites for hydroxylation is 2. The van der Waals surface area contributed by atoms with E-state index in [1.165, 1.54) is 7.11 Å². The normalized spacial score (nSPS) is 13.6. The number of nitrogens with one attached hydrogen (secondary N) is 1. The Morgan fingerprint density at radius 3 is 2.73 bits per heavy atom. The van der Waals surface area contributed by atoms with E-state index in [0.717, 1.165) is 29.5 Å². The maximum Gasteiger partial charge on any atom is 0.278 e. The van der Waals surface area contributed by atoms with Crippen molar-refractivity contribution in [2.45, 2.75) is 25.7 Å². The molecule has 4 aromatic rings. The third kappa shape index (κ3) is 3.01. The van der Waals surface area contributed by atoms with Crippen LogP contribution in [0.2, 0.25) is 0 Å². The molecule has 0 spiro atoms. The number of ether oxygens (including phenoxy) is 1. The molecule has 0 saturated heterocycles. The molecule has 0 aliphatic heterocycles. The zero-order chi connectivity index (χ0) is 20.8. The summed E-state index contributed by atoms with van der Waals surface area (Å²) in [6.45, 7) is 1.87. The van der Waals surface area contributed by atoms with Crippen LogP contribution in [0.5, 0.6) is 5.88 Å². The number of hydrogen-bond donors (Lipinski definition) is 1. The van der Waals surface area contributed by atoms with Gasteiger partial charge in [0.2, 0.25) is 0 Å². The molecule has 0 unspecified atom stereocenters. The molecule has 3 heterocycles. The van der Waals surface area contributed by atoms with Gasteiger partial charge in [0.1, 0.15) is 5.69 Å². The van der Waals surface area contributed by atoms with Crippen molar-refractivity contribution in [2.75, 3.05) is 12.4 Å². The van der Waals surface area contributed by atoms with Gasteiger partial charge in [0.25, 0.3) is 11.8 Å². The van der Waals surface area contributed by atoms with Crippen LogP contribution in [0.15, 0.2) is 40.9 Å². The summed E-state index contributed by atoms with van der Waals surface area (Å²) in [5.74, 6) is 0.937. The van der Waals surface area contributed by atoms with E-state index in [0.29, 0.717) is 28.4 Å². The number of fused-ring (bicyclic) bond motifs is 1. The first kappa shape index (κ1) is 18.4. The molecule has 152 valence electrons. The highest BCUT2D eigenvalue weighted by molar-refractivity contribution is 6.13. The molecular weight excluding hydrogens is 382 g/mol. The number of methoxy groups -OCH3 is 1. The van der Waals surface area contributed by atoms with Gasteiger partial charge in [-0.05, 0) is 31.0 Å². The van der Waals surface area contributed by atoms with Gasteiger partial charge in [-0.2, -0.15) is 5.10 Å². The van der Waals surface area contributed by atoms with E-state index in [1.807, 2.05) is 44.3 Å². The standard InChI is InChI=1S/C22H21N5O3/c1-12-17-15(21(28)24-18-19(14-9-10-14)30-26-22(18)29-3)11-16(13-7-5-4-6-8-13)23-20(17)27(2)25-12/h4-8,11,14H,9-10H2,1-3H3,(H,24,28). The van der Waals surface area contributed by atoms with E-state index >= 15 is 0 Å². The van der Waals surface area contributed by atoms with E-state index in [-0.39, 0.29) is 17.7 Å². The Morgan fingerprint density at radius 1 is 1.27 bits per heavy atom. The molecule has 1 fully saturated rings. The van der Waals surface area contributed by atoms with Gasteiger partial charge in [-0.25, -0.2) is 4.98 Å². The fourth-order valence-corrected chi connectivity index (χ4v) is 3.73. The number of amides is 1. The Bertz CT molecular complexity index is 1260. The topological polar surface area (TPSA) is 95.1 Å². The Hall–Kier alpha value is -3.68. The highest BCUT2D eigenvalue weighted by atomic mass is 16.5. The molecule has 1 aliphatic carbocycles. The first-order chi connectivity index (χ1) is 14.6. The molecule has 1 N–H and O–H groups in total. The first-order valence-corrected chi connectivity index (χ1v) is 9.81. The lowest BCUT2D eigenvalue weighted by Crippen LogP contribution is -2.14. The molecule has 0 bridgehead atoms. The monoisotopic (exact) mass is 403 g/mol. The number of carbonyl (C=O) groups excluding carboxylic acids is 1. The SMILES string of the molecule is COc1noc(C2CC2)c1NC(=O)c1cc(-c2ccccc2)nc2c1c(C)nn2C. The smallest absolute Gasteiger partial charge is 0.278 e. The average molecular weight is 403 g/mol. The second kappa shape index (κ2) is 6.98. The number of nitrogens with zero attached hydrogens (tertiary/aromatic N) is 4. The number of rotatable bonds is 5. The fourth-order valence-electron chi connectivity index (χ4n) is 3.73. The number of benzene rings is 1. The van der Waals surface area contributed by atoms with Gasteiger partial charge in [0, 0.05) is 18.5 Å². The van der Waals surface area contributed by atoms with Crippen LogP contribution in [0.3, 0.4) is 0 Å². The van der Waals surface area contributed by atoms with Gasteiger partial charge in [-0.3, -0.25) is 9.48 Å². The molecular formula is C22H21N5O3. The molecule has 8 heteroatoms. The van der Waals surface area contributed by atoms with Crippen LogP contribution in [-0.4, -0.2) is 32.9 Å². The summed E-state index contributed by atoms with van der Waals surface area (Å²) in [6, 6.07) is 11.6. The summed E-state index contributed by atoms with van der Waals surface area (Å²) in [5, 5.41) is 12.1. The van der Waals surface area contributed by atoms with E-state index in [9.17, 15) is 4.79 Å². The number of carbonyl (C=O) groups is 1. The summed E-state index contributed by atoms with van der Waals surface area (Å²) >= 11 is 0. The van der Waals surface area contributed by atoms with E-state index < -0.39 is 0 Å². The van der Waals surface area contributed by atoms with E-state index in [2.05, 4.69) is 15.6 Å². The van der Waals surface area contributed by atoms with Gasteiger partial charge < -0.3 is 14.6 Å². The van der Waals surface area contributed by atoms with Crippen molar-refractivity contribution >= 4 is 22.6 Å². The predicted octanol–water partition coefficient (Wildman–Crippen LogP) is 4.07. The minimum Gasteiger partial charge on any atom is -0.477 e. The Labute approximate surface area is 172 Å². The molecule has 1 aliphatic rings. The summed E-state index contributed by atoms with van der Waals surface area (Å²) in [5.41, 5.74) is 4.01. The first-order valence-electron chi connectivity index (χ1n) is 9.81. The number of pyridine rings is 1. The Kier molecular flexibility index (Phi) is 4.27. The molecule has 0 atom stereocenters. The second-order valence-electron chi connectivity index (χ2n) is 7.49. The lowest BCUT2D eigenvalue weighted by atomic mass is 10.0. The van der Waals surface area contributed by atoms with Gasteiger partial charge in [-0.1, -0.05) is 30.3 Å².